The highest BCUT2D eigenvalue weighted by Gasteiger charge is 2.15. The third kappa shape index (κ3) is 4.04. The van der Waals surface area contributed by atoms with Gasteiger partial charge in [0.1, 0.15) is 5.75 Å². The van der Waals surface area contributed by atoms with Gasteiger partial charge in [-0.05, 0) is 24.6 Å². The molecule has 1 rings (SSSR count). The Kier molecular flexibility index (Phi) is 5.65. The molecule has 0 aliphatic rings. The summed E-state index contributed by atoms with van der Waals surface area (Å²) >= 11 is 0. The van der Waals surface area contributed by atoms with Gasteiger partial charge in [-0.1, -0.05) is 19.1 Å². The van der Waals surface area contributed by atoms with Crippen molar-refractivity contribution >= 4 is 5.91 Å². The molecule has 0 aliphatic heterocycles. The average Bonchev–Trinajstić information content (AvgIpc) is 2.39. The number of carbonyl (C=O) groups is 1. The average molecular weight is 250 g/mol. The van der Waals surface area contributed by atoms with Crippen molar-refractivity contribution in [2.75, 3.05) is 20.2 Å². The fourth-order valence-electron chi connectivity index (χ4n) is 1.69. The van der Waals surface area contributed by atoms with Crippen molar-refractivity contribution in [3.8, 4) is 5.75 Å². The molecule has 1 unspecified atom stereocenters. The van der Waals surface area contributed by atoms with Crippen LogP contribution in [0.1, 0.15) is 19.4 Å². The first kappa shape index (κ1) is 14.5. The first-order valence-corrected chi connectivity index (χ1v) is 6.25. The molecule has 0 aliphatic carbocycles. The first-order chi connectivity index (χ1) is 8.58. The number of nitrogens with zero attached hydrogens (tertiary/aromatic N) is 1. The van der Waals surface area contributed by atoms with Crippen molar-refractivity contribution in [1.82, 2.24) is 4.90 Å². The van der Waals surface area contributed by atoms with Gasteiger partial charge < -0.3 is 15.4 Å². The summed E-state index contributed by atoms with van der Waals surface area (Å²) < 4.78 is 5.37. The summed E-state index contributed by atoms with van der Waals surface area (Å²) in [5, 5.41) is 0. The Balaban J connectivity index is 2.59. The maximum absolute atomic E-state index is 11.9. The molecular formula is C14H22N2O2. The van der Waals surface area contributed by atoms with Crippen molar-refractivity contribution in [1.29, 1.82) is 0 Å². The predicted molar refractivity (Wildman–Crippen MR) is 72.3 cm³/mol. The van der Waals surface area contributed by atoms with E-state index in [2.05, 4.69) is 0 Å². The number of carbonyl (C=O) groups excluding carboxylic acids is 1. The van der Waals surface area contributed by atoms with E-state index < -0.39 is 0 Å². The number of benzene rings is 1. The van der Waals surface area contributed by atoms with E-state index in [1.165, 1.54) is 0 Å². The molecule has 1 aromatic rings. The molecule has 2 N–H and O–H groups in total. The van der Waals surface area contributed by atoms with Crippen LogP contribution >= 0.6 is 0 Å². The molecule has 0 aromatic heterocycles. The largest absolute Gasteiger partial charge is 0.494 e. The van der Waals surface area contributed by atoms with Gasteiger partial charge in [0.25, 0.3) is 0 Å². The number of nitrogens with two attached hydrogens (primary N) is 1. The molecule has 1 atom stereocenters. The molecule has 18 heavy (non-hydrogen) atoms. The predicted octanol–water partition coefficient (Wildman–Crippen LogP) is 1.64. The van der Waals surface area contributed by atoms with E-state index in [-0.39, 0.29) is 11.8 Å². The van der Waals surface area contributed by atoms with Crippen molar-refractivity contribution < 1.29 is 9.53 Å². The summed E-state index contributed by atoms with van der Waals surface area (Å²) in [6, 6.07) is 7.79. The summed E-state index contributed by atoms with van der Waals surface area (Å²) in [6.45, 7) is 5.43. The fraction of sp³-hybridized carbons (Fsp3) is 0.500. The molecule has 0 fully saturated rings. The monoisotopic (exact) mass is 250 g/mol. The molecule has 0 radical (unpaired) electrons. The van der Waals surface area contributed by atoms with Gasteiger partial charge in [0, 0.05) is 26.1 Å². The van der Waals surface area contributed by atoms with Gasteiger partial charge in [0.05, 0.1) is 6.61 Å². The van der Waals surface area contributed by atoms with Crippen LogP contribution in [-0.2, 0) is 11.3 Å². The molecule has 0 saturated carbocycles. The van der Waals surface area contributed by atoms with E-state index >= 15 is 0 Å². The Hall–Kier alpha value is -1.55. The maximum Gasteiger partial charge on any atom is 0.226 e. The number of ether oxygens (including phenoxy) is 1. The van der Waals surface area contributed by atoms with Gasteiger partial charge in [-0.2, -0.15) is 0 Å². The van der Waals surface area contributed by atoms with E-state index in [1.54, 1.807) is 11.9 Å². The molecule has 0 heterocycles. The zero-order chi connectivity index (χ0) is 13.5. The van der Waals surface area contributed by atoms with E-state index in [1.807, 2.05) is 38.1 Å². The van der Waals surface area contributed by atoms with Crippen LogP contribution < -0.4 is 10.5 Å². The van der Waals surface area contributed by atoms with Crippen LogP contribution in [0.4, 0.5) is 0 Å². The molecule has 4 nitrogen and oxygen atoms in total. The van der Waals surface area contributed by atoms with Gasteiger partial charge in [-0.15, -0.1) is 0 Å². The van der Waals surface area contributed by atoms with Crippen molar-refractivity contribution in [2.24, 2.45) is 11.7 Å². The highest BCUT2D eigenvalue weighted by Crippen LogP contribution is 2.14. The first-order valence-electron chi connectivity index (χ1n) is 6.25. The van der Waals surface area contributed by atoms with Crippen molar-refractivity contribution in [2.45, 2.75) is 20.4 Å². The highest BCUT2D eigenvalue weighted by molar-refractivity contribution is 5.78. The van der Waals surface area contributed by atoms with Crippen LogP contribution in [0.25, 0.3) is 0 Å². The second-order valence-electron chi connectivity index (χ2n) is 4.41. The smallest absolute Gasteiger partial charge is 0.226 e. The third-order valence-corrected chi connectivity index (χ3v) is 2.81. The van der Waals surface area contributed by atoms with E-state index in [4.69, 9.17) is 10.5 Å². The summed E-state index contributed by atoms with van der Waals surface area (Å²) in [5.41, 5.74) is 6.58. The number of hydrogen-bond acceptors (Lipinski definition) is 3. The number of hydrogen-bond donors (Lipinski definition) is 1. The van der Waals surface area contributed by atoms with Crippen LogP contribution in [0.15, 0.2) is 24.3 Å². The topological polar surface area (TPSA) is 55.6 Å². The minimum Gasteiger partial charge on any atom is -0.494 e. The standard InChI is InChI=1S/C14H22N2O2/c1-4-18-13-7-5-12(6-8-13)10-16(3)14(17)11(2)9-15/h5-8,11H,4,9-10,15H2,1-3H3. The number of rotatable bonds is 6. The summed E-state index contributed by atoms with van der Waals surface area (Å²) in [6.07, 6.45) is 0. The lowest BCUT2D eigenvalue weighted by atomic mass is 10.1. The second kappa shape index (κ2) is 7.01. The minimum absolute atomic E-state index is 0.0754. The lowest BCUT2D eigenvalue weighted by molar-refractivity contribution is -0.133. The molecule has 1 amide bonds. The molecule has 1 aromatic carbocycles. The molecular weight excluding hydrogens is 228 g/mol. The van der Waals surface area contributed by atoms with Crippen LogP contribution in [0.5, 0.6) is 5.75 Å². The van der Waals surface area contributed by atoms with E-state index in [0.717, 1.165) is 11.3 Å². The Morgan fingerprint density at radius 1 is 1.39 bits per heavy atom. The van der Waals surface area contributed by atoms with Crippen molar-refractivity contribution in [3.63, 3.8) is 0 Å². The van der Waals surface area contributed by atoms with E-state index in [0.29, 0.717) is 19.7 Å². The Labute approximate surface area is 109 Å². The zero-order valence-corrected chi connectivity index (χ0v) is 11.3. The van der Waals surface area contributed by atoms with Gasteiger partial charge in [-0.3, -0.25) is 4.79 Å². The molecule has 0 bridgehead atoms. The van der Waals surface area contributed by atoms with Gasteiger partial charge in [0.2, 0.25) is 5.91 Å². The molecule has 0 saturated heterocycles. The molecule has 0 spiro atoms. The van der Waals surface area contributed by atoms with Crippen LogP contribution in [0.2, 0.25) is 0 Å². The summed E-state index contributed by atoms with van der Waals surface area (Å²) in [4.78, 5) is 13.6. The summed E-state index contributed by atoms with van der Waals surface area (Å²) in [7, 11) is 1.80. The minimum atomic E-state index is -0.127. The quantitative estimate of drug-likeness (QED) is 0.835. The van der Waals surface area contributed by atoms with Crippen LogP contribution in [-0.4, -0.2) is 31.0 Å². The SMILES string of the molecule is CCOc1ccc(CN(C)C(=O)C(C)CN)cc1. The number of amides is 1. The Morgan fingerprint density at radius 3 is 2.50 bits per heavy atom. The highest BCUT2D eigenvalue weighted by atomic mass is 16.5. The maximum atomic E-state index is 11.9. The van der Waals surface area contributed by atoms with Crippen LogP contribution in [0.3, 0.4) is 0 Å². The summed E-state index contributed by atoms with van der Waals surface area (Å²) in [5.74, 6) is 0.801. The lowest BCUT2D eigenvalue weighted by Gasteiger charge is -2.20. The third-order valence-electron chi connectivity index (χ3n) is 2.81. The second-order valence-corrected chi connectivity index (χ2v) is 4.41. The van der Waals surface area contributed by atoms with Gasteiger partial charge in [-0.25, -0.2) is 0 Å². The van der Waals surface area contributed by atoms with E-state index in [9.17, 15) is 4.79 Å². The molecule has 100 valence electrons. The Bertz CT molecular complexity index is 376. The molecule has 4 heteroatoms. The zero-order valence-electron chi connectivity index (χ0n) is 11.3. The normalized spacial score (nSPS) is 12.0. The van der Waals surface area contributed by atoms with Crippen molar-refractivity contribution in [3.05, 3.63) is 29.8 Å². The fourth-order valence-corrected chi connectivity index (χ4v) is 1.69. The van der Waals surface area contributed by atoms with Crippen LogP contribution in [0, 0.1) is 5.92 Å². The van der Waals surface area contributed by atoms with Gasteiger partial charge in [0.15, 0.2) is 0 Å². The Morgan fingerprint density at radius 2 is 2.00 bits per heavy atom. The lowest BCUT2D eigenvalue weighted by Crippen LogP contribution is -2.34. The van der Waals surface area contributed by atoms with Gasteiger partial charge >= 0.3 is 0 Å².